The first-order valence-electron chi connectivity index (χ1n) is 8.92. The highest BCUT2D eigenvalue weighted by Crippen LogP contribution is 2.26. The molecule has 0 atom stereocenters. The minimum atomic E-state index is -3.34. The fourth-order valence-corrected chi connectivity index (χ4v) is 5.48. The first-order valence-corrected chi connectivity index (χ1v) is 11.2. The fraction of sp³-hybridized carbons (Fsp3) is 0.588. The number of hydrogen-bond donors (Lipinski definition) is 0. The van der Waals surface area contributed by atoms with Crippen LogP contribution in [0.5, 0.6) is 0 Å². The summed E-state index contributed by atoms with van der Waals surface area (Å²) < 4.78 is 33.9. The molecule has 1 fully saturated rings. The molecule has 7 nitrogen and oxygen atoms in total. The SMILES string of the molecule is CCN(CC)S(=O)(=O)N1CCN(Cc2csc(-c3ccc(C)o3)n2)CC1. The van der Waals surface area contributed by atoms with Gasteiger partial charge in [-0.2, -0.15) is 17.0 Å². The molecule has 1 aliphatic heterocycles. The van der Waals surface area contributed by atoms with Crippen LogP contribution in [0.1, 0.15) is 25.3 Å². The Morgan fingerprint density at radius 3 is 2.46 bits per heavy atom. The van der Waals surface area contributed by atoms with Crippen molar-refractivity contribution >= 4 is 21.5 Å². The van der Waals surface area contributed by atoms with E-state index in [1.165, 1.54) is 4.31 Å². The normalized spacial score (nSPS) is 17.2. The quantitative estimate of drug-likeness (QED) is 0.716. The molecule has 3 rings (SSSR count). The van der Waals surface area contributed by atoms with Crippen LogP contribution in [0.4, 0.5) is 0 Å². The van der Waals surface area contributed by atoms with Crippen LogP contribution >= 0.6 is 11.3 Å². The number of aryl methyl sites for hydroxylation is 1. The van der Waals surface area contributed by atoms with Crippen LogP contribution in [-0.4, -0.2) is 66.2 Å². The van der Waals surface area contributed by atoms with Crippen LogP contribution in [0.15, 0.2) is 21.9 Å². The van der Waals surface area contributed by atoms with Crippen LogP contribution in [0.3, 0.4) is 0 Å². The van der Waals surface area contributed by atoms with Crippen LogP contribution in [0, 0.1) is 6.92 Å². The van der Waals surface area contributed by atoms with Gasteiger partial charge in [0.25, 0.3) is 10.2 Å². The van der Waals surface area contributed by atoms with Gasteiger partial charge in [0, 0.05) is 51.2 Å². The molecule has 26 heavy (non-hydrogen) atoms. The largest absolute Gasteiger partial charge is 0.459 e. The highest BCUT2D eigenvalue weighted by atomic mass is 32.2. The molecule has 1 aliphatic rings. The standard InChI is InChI=1S/C17H26N4O3S2/c1-4-20(5-2)26(22,23)21-10-8-19(9-11-21)12-15-13-25-17(18-15)16-7-6-14(3)24-16/h6-7,13H,4-5,8-12H2,1-3H3. The van der Waals surface area contributed by atoms with Crippen molar-refractivity contribution < 1.29 is 12.8 Å². The van der Waals surface area contributed by atoms with Crippen molar-refractivity contribution in [2.45, 2.75) is 27.3 Å². The first-order chi connectivity index (χ1) is 12.4. The van der Waals surface area contributed by atoms with E-state index in [0.29, 0.717) is 39.3 Å². The fourth-order valence-electron chi connectivity index (χ4n) is 3.10. The lowest BCUT2D eigenvalue weighted by Gasteiger charge is -2.36. The molecule has 3 heterocycles. The lowest BCUT2D eigenvalue weighted by atomic mass is 10.3. The van der Waals surface area contributed by atoms with Gasteiger partial charge in [-0.15, -0.1) is 11.3 Å². The molecule has 0 radical (unpaired) electrons. The topological polar surface area (TPSA) is 69.9 Å². The van der Waals surface area contributed by atoms with E-state index in [0.717, 1.165) is 28.8 Å². The summed E-state index contributed by atoms with van der Waals surface area (Å²) in [6.45, 7) is 9.88. The monoisotopic (exact) mass is 398 g/mol. The minimum absolute atomic E-state index is 0.507. The number of furan rings is 1. The zero-order valence-electron chi connectivity index (χ0n) is 15.5. The summed E-state index contributed by atoms with van der Waals surface area (Å²) in [6.07, 6.45) is 0. The molecule has 0 N–H and O–H groups in total. The number of thiazole rings is 1. The Balaban J connectivity index is 1.57. The summed E-state index contributed by atoms with van der Waals surface area (Å²) in [5.74, 6) is 1.68. The van der Waals surface area contributed by atoms with Crippen molar-refractivity contribution in [3.8, 4) is 10.8 Å². The van der Waals surface area contributed by atoms with E-state index >= 15 is 0 Å². The predicted molar refractivity (Wildman–Crippen MR) is 103 cm³/mol. The maximum absolute atomic E-state index is 12.6. The smallest absolute Gasteiger partial charge is 0.282 e. The van der Waals surface area contributed by atoms with Crippen molar-refractivity contribution in [2.24, 2.45) is 0 Å². The Morgan fingerprint density at radius 1 is 1.19 bits per heavy atom. The zero-order valence-corrected chi connectivity index (χ0v) is 17.1. The van der Waals surface area contributed by atoms with E-state index in [2.05, 4.69) is 9.88 Å². The molecule has 144 valence electrons. The van der Waals surface area contributed by atoms with Gasteiger partial charge in [0.2, 0.25) is 0 Å². The lowest BCUT2D eigenvalue weighted by Crippen LogP contribution is -2.52. The summed E-state index contributed by atoms with van der Waals surface area (Å²) in [7, 11) is -3.34. The molecular weight excluding hydrogens is 372 g/mol. The number of piperazine rings is 1. The molecule has 2 aromatic rings. The third-order valence-corrected chi connectivity index (χ3v) is 7.67. The van der Waals surface area contributed by atoms with Gasteiger partial charge in [0.05, 0.1) is 5.69 Å². The second kappa shape index (κ2) is 8.18. The minimum Gasteiger partial charge on any atom is -0.459 e. The van der Waals surface area contributed by atoms with E-state index in [9.17, 15) is 8.42 Å². The molecule has 0 unspecified atom stereocenters. The Labute approximate surface area is 159 Å². The maximum atomic E-state index is 12.6. The van der Waals surface area contributed by atoms with Crippen molar-refractivity contribution in [3.63, 3.8) is 0 Å². The van der Waals surface area contributed by atoms with Crippen molar-refractivity contribution in [1.29, 1.82) is 0 Å². The predicted octanol–water partition coefficient (Wildman–Crippen LogP) is 2.42. The van der Waals surface area contributed by atoms with Gasteiger partial charge >= 0.3 is 0 Å². The second-order valence-electron chi connectivity index (χ2n) is 6.32. The average Bonchev–Trinajstić information content (AvgIpc) is 3.25. The van der Waals surface area contributed by atoms with Crippen LogP contribution < -0.4 is 0 Å². The number of hydrogen-bond acceptors (Lipinski definition) is 6. The molecule has 0 spiro atoms. The third kappa shape index (κ3) is 4.17. The van der Waals surface area contributed by atoms with E-state index in [1.807, 2.05) is 38.3 Å². The van der Waals surface area contributed by atoms with E-state index in [1.54, 1.807) is 15.6 Å². The zero-order chi connectivity index (χ0) is 18.7. The Morgan fingerprint density at radius 2 is 1.88 bits per heavy atom. The number of rotatable bonds is 7. The van der Waals surface area contributed by atoms with Gasteiger partial charge in [-0.05, 0) is 19.1 Å². The summed E-state index contributed by atoms with van der Waals surface area (Å²) >= 11 is 1.57. The van der Waals surface area contributed by atoms with Crippen LogP contribution in [-0.2, 0) is 16.8 Å². The van der Waals surface area contributed by atoms with Gasteiger partial charge in [-0.25, -0.2) is 4.98 Å². The Kier molecular flexibility index (Phi) is 6.13. The number of aromatic nitrogens is 1. The Bertz CT molecular complexity index is 819. The molecule has 0 amide bonds. The number of nitrogens with zero attached hydrogens (tertiary/aromatic N) is 4. The Hall–Kier alpha value is -1.26. The third-order valence-electron chi connectivity index (χ3n) is 4.58. The molecule has 1 saturated heterocycles. The van der Waals surface area contributed by atoms with E-state index in [-0.39, 0.29) is 0 Å². The van der Waals surface area contributed by atoms with Gasteiger partial charge in [0.1, 0.15) is 5.76 Å². The highest BCUT2D eigenvalue weighted by molar-refractivity contribution is 7.86. The van der Waals surface area contributed by atoms with E-state index < -0.39 is 10.2 Å². The average molecular weight is 399 g/mol. The van der Waals surface area contributed by atoms with Crippen LogP contribution in [0.25, 0.3) is 10.8 Å². The second-order valence-corrected chi connectivity index (χ2v) is 9.11. The van der Waals surface area contributed by atoms with Crippen molar-refractivity contribution in [3.05, 3.63) is 29.0 Å². The van der Waals surface area contributed by atoms with Gasteiger partial charge in [-0.3, -0.25) is 4.90 Å². The summed E-state index contributed by atoms with van der Waals surface area (Å²) in [4.78, 5) is 6.90. The molecule has 0 bridgehead atoms. The molecule has 2 aromatic heterocycles. The van der Waals surface area contributed by atoms with Gasteiger partial charge < -0.3 is 4.42 Å². The lowest BCUT2D eigenvalue weighted by molar-refractivity contribution is 0.174. The van der Waals surface area contributed by atoms with Crippen molar-refractivity contribution in [1.82, 2.24) is 18.5 Å². The summed E-state index contributed by atoms with van der Waals surface area (Å²) in [5, 5.41) is 2.93. The van der Waals surface area contributed by atoms with Crippen LogP contribution in [0.2, 0.25) is 0 Å². The first kappa shape index (κ1) is 19.5. The summed E-state index contributed by atoms with van der Waals surface area (Å²) in [6, 6.07) is 3.88. The van der Waals surface area contributed by atoms with Gasteiger partial charge in [0.15, 0.2) is 10.8 Å². The highest BCUT2D eigenvalue weighted by Gasteiger charge is 2.30. The molecule has 0 aromatic carbocycles. The van der Waals surface area contributed by atoms with Crippen molar-refractivity contribution in [2.75, 3.05) is 39.3 Å². The summed E-state index contributed by atoms with van der Waals surface area (Å²) in [5.41, 5.74) is 0.999. The molecular formula is C17H26N4O3S2. The van der Waals surface area contributed by atoms with Gasteiger partial charge in [-0.1, -0.05) is 13.8 Å². The molecule has 0 saturated carbocycles. The van der Waals surface area contributed by atoms with E-state index in [4.69, 9.17) is 4.42 Å². The molecule has 0 aliphatic carbocycles. The molecule has 9 heteroatoms. The maximum Gasteiger partial charge on any atom is 0.282 e.